The minimum absolute atomic E-state index is 0.0387. The Labute approximate surface area is 509 Å². The number of hydrogen-bond acceptors (Lipinski definition) is 12. The molecular weight excluding hydrogens is 1140 g/mol. The van der Waals surface area contributed by atoms with Gasteiger partial charge in [-0.2, -0.15) is 0 Å². The fourth-order valence-corrected chi connectivity index (χ4v) is 12.0. The summed E-state index contributed by atoms with van der Waals surface area (Å²) in [6.45, 7) is 1.65. The van der Waals surface area contributed by atoms with Gasteiger partial charge in [-0.15, -0.1) is 10.2 Å². The summed E-state index contributed by atoms with van der Waals surface area (Å²) in [5.74, 6) is -1.65. The number of carbonyl (C=O) groups is 5. The Morgan fingerprint density at radius 1 is 0.629 bits per heavy atom. The van der Waals surface area contributed by atoms with Crippen molar-refractivity contribution >= 4 is 62.6 Å². The van der Waals surface area contributed by atoms with E-state index in [0.29, 0.717) is 112 Å². The molecule has 89 heavy (non-hydrogen) atoms. The number of carbonyl (C=O) groups excluding carboxylic acids is 5. The van der Waals surface area contributed by atoms with Crippen LogP contribution in [-0.4, -0.2) is 168 Å². The molecule has 4 aromatic heterocycles. The highest BCUT2D eigenvalue weighted by atomic mass is 19.1. The Bertz CT molecular complexity index is 4210. The Morgan fingerprint density at radius 3 is 1.79 bits per heavy atom. The first-order valence-electron chi connectivity index (χ1n) is 29.3. The van der Waals surface area contributed by atoms with Crippen molar-refractivity contribution in [1.29, 1.82) is 0 Å². The molecule has 0 bridgehead atoms. The van der Waals surface area contributed by atoms with Crippen LogP contribution in [0.25, 0.3) is 66.3 Å². The minimum atomic E-state index is -0.624. The lowest BCUT2D eigenvalue weighted by Crippen LogP contribution is -2.55. The third-order valence-corrected chi connectivity index (χ3v) is 16.5. The maximum atomic E-state index is 17.6. The van der Waals surface area contributed by atoms with E-state index in [1.807, 2.05) is 78.9 Å². The number of nitrogens with zero attached hydrogens (tertiary/aromatic N) is 10. The quantitative estimate of drug-likeness (QED) is 0.0489. The van der Waals surface area contributed by atoms with Crippen LogP contribution in [0.5, 0.6) is 11.5 Å². The number of aliphatic hydroxyl groups is 1. The number of rotatable bonds is 20. The second-order valence-corrected chi connectivity index (χ2v) is 21.9. The van der Waals surface area contributed by atoms with E-state index in [0.717, 1.165) is 5.56 Å². The first kappa shape index (κ1) is 58.9. The molecule has 3 aliphatic heterocycles. The predicted molar refractivity (Wildman–Crippen MR) is 328 cm³/mol. The number of aromatic nitrogens is 8. The Balaban J connectivity index is 0.935. The maximum absolute atomic E-state index is 17.6. The molecule has 456 valence electrons. The number of aromatic amines is 2. The van der Waals surface area contributed by atoms with Crippen molar-refractivity contribution in [2.45, 2.75) is 45.2 Å². The lowest BCUT2D eigenvalue weighted by molar-refractivity contribution is -0.131. The molecule has 0 spiro atoms. The maximum Gasteiger partial charge on any atom is 0.317 e. The number of aliphatic hydroxyl groups excluding tert-OH is 1. The largest absolute Gasteiger partial charge is 0.496 e. The topological polar surface area (TPSA) is 254 Å². The number of nitrogens with one attached hydrogen (secondary N) is 4. The fourth-order valence-electron chi connectivity index (χ4n) is 12.0. The molecule has 5 aromatic carbocycles. The van der Waals surface area contributed by atoms with Crippen molar-refractivity contribution in [1.82, 2.24) is 70.2 Å². The highest BCUT2D eigenvalue weighted by molar-refractivity contribution is 6.08. The first-order valence-corrected chi connectivity index (χ1v) is 29.3. The average Bonchev–Trinajstić information content (AvgIpc) is 1.73. The molecule has 6 amide bonds. The van der Waals surface area contributed by atoms with E-state index in [2.05, 4.69) is 41.2 Å². The monoisotopic (exact) mass is 1210 g/mol. The molecule has 0 saturated carbocycles. The van der Waals surface area contributed by atoms with E-state index in [-0.39, 0.29) is 104 Å². The van der Waals surface area contributed by atoms with Gasteiger partial charge in [0.05, 0.1) is 70.7 Å². The van der Waals surface area contributed by atoms with Crippen LogP contribution in [0, 0.1) is 11.6 Å². The van der Waals surface area contributed by atoms with Crippen molar-refractivity contribution in [2.75, 3.05) is 73.4 Å². The van der Waals surface area contributed by atoms with Crippen molar-refractivity contribution in [3.63, 3.8) is 0 Å². The van der Waals surface area contributed by atoms with Crippen LogP contribution in [0.15, 0.2) is 128 Å². The molecule has 0 aliphatic carbocycles. The third-order valence-electron chi connectivity index (χ3n) is 16.5. The fraction of sp³-hybridized carbons (Fsp3) is 0.277. The van der Waals surface area contributed by atoms with Gasteiger partial charge >= 0.3 is 6.03 Å². The minimum Gasteiger partial charge on any atom is -0.496 e. The molecule has 22 nitrogen and oxygen atoms in total. The number of fused-ring (bicyclic) bond motifs is 2. The molecule has 5 N–H and O–H groups in total. The molecule has 0 unspecified atom stereocenters. The number of ether oxygens (including phenoxy) is 2. The summed E-state index contributed by atoms with van der Waals surface area (Å²) in [4.78, 5) is 80.4. The predicted octanol–water partition coefficient (Wildman–Crippen LogP) is 7.89. The van der Waals surface area contributed by atoms with Gasteiger partial charge < -0.3 is 54.8 Å². The summed E-state index contributed by atoms with van der Waals surface area (Å²) < 4.78 is 50.7. The second kappa shape index (κ2) is 25.8. The molecule has 0 atom stereocenters. The van der Waals surface area contributed by atoms with E-state index in [1.165, 1.54) is 24.0 Å². The summed E-state index contributed by atoms with van der Waals surface area (Å²) in [5.41, 5.74) is 6.26. The van der Waals surface area contributed by atoms with Crippen molar-refractivity contribution in [3.8, 4) is 44.9 Å². The van der Waals surface area contributed by atoms with E-state index in [9.17, 15) is 29.1 Å². The van der Waals surface area contributed by atoms with Gasteiger partial charge in [-0.05, 0) is 83.0 Å². The number of hydrogen-bond donors (Lipinski definition) is 5. The number of urea groups is 1. The number of amides is 6. The van der Waals surface area contributed by atoms with E-state index < -0.39 is 29.5 Å². The molecular formula is C65H64F2N14O8. The van der Waals surface area contributed by atoms with Gasteiger partial charge in [0.15, 0.2) is 11.6 Å². The standard InChI is InChI=1S/C65H64F2N14O8/c1-88-55-31-41(15-16-45(55)49-32-47(42-11-7-22-77(36-42)56(83)18-25-80-27-20-70-74-80)58(66)60-51(49)34-54(73-60)64(86)79-38-68-65(87)69-39-79)44-13-6-14-46(62(44)89-2)50-33-48(43-12-8-23-78(37-43)57(84)19-26-81-28-21-71-75-81)59(67)61-52(50)35-53(72-61)63(85)76(29-30-82)24-17-40-9-4-3-5-10-40/h3-6,9-16,20-21,27-28,31-35,72-73,82H,7-8,17-19,22-26,29-30,36-39H2,1-2H3,(H2,68,69,87). The highest BCUT2D eigenvalue weighted by Gasteiger charge is 2.31. The van der Waals surface area contributed by atoms with Crippen LogP contribution < -0.4 is 20.1 Å². The van der Waals surface area contributed by atoms with Gasteiger partial charge in [-0.3, -0.25) is 28.5 Å². The van der Waals surface area contributed by atoms with E-state index in [4.69, 9.17) is 9.47 Å². The number of aryl methyl sites for hydroxylation is 2. The average molecular weight is 1210 g/mol. The van der Waals surface area contributed by atoms with E-state index >= 15 is 8.78 Å². The normalized spacial score (nSPS) is 14.3. The first-order chi connectivity index (χ1) is 43.4. The summed E-state index contributed by atoms with van der Waals surface area (Å²) in [6.07, 6.45) is 12.1. The van der Waals surface area contributed by atoms with Crippen LogP contribution in [0.3, 0.4) is 0 Å². The molecule has 0 radical (unpaired) electrons. The van der Waals surface area contributed by atoms with Gasteiger partial charge in [-0.1, -0.05) is 83.2 Å². The van der Waals surface area contributed by atoms with Crippen molar-refractivity contribution in [2.24, 2.45) is 0 Å². The molecule has 9 aromatic rings. The number of H-pyrrole nitrogens is 2. The summed E-state index contributed by atoms with van der Waals surface area (Å²) >= 11 is 0. The Hall–Kier alpha value is -10.5. The molecule has 1 fully saturated rings. The summed E-state index contributed by atoms with van der Waals surface area (Å²) in [7, 11) is 3.05. The highest BCUT2D eigenvalue weighted by Crippen LogP contribution is 2.47. The smallest absolute Gasteiger partial charge is 0.317 e. The van der Waals surface area contributed by atoms with Crippen LogP contribution in [0.2, 0.25) is 0 Å². The van der Waals surface area contributed by atoms with Gasteiger partial charge in [0, 0.05) is 103 Å². The van der Waals surface area contributed by atoms with Gasteiger partial charge in [0.2, 0.25) is 11.8 Å². The van der Waals surface area contributed by atoms with Gasteiger partial charge in [0.1, 0.15) is 22.9 Å². The zero-order valence-electron chi connectivity index (χ0n) is 49.0. The lowest BCUT2D eigenvalue weighted by Gasteiger charge is -2.28. The molecule has 1 saturated heterocycles. The molecule has 12 rings (SSSR count). The van der Waals surface area contributed by atoms with Gasteiger partial charge in [0.25, 0.3) is 11.8 Å². The van der Waals surface area contributed by atoms with Crippen LogP contribution in [0.1, 0.15) is 63.4 Å². The third kappa shape index (κ3) is 12.2. The van der Waals surface area contributed by atoms with Crippen LogP contribution in [-0.2, 0) is 29.1 Å². The number of methoxy groups -OCH3 is 2. The molecule has 7 heterocycles. The van der Waals surface area contributed by atoms with Crippen molar-refractivity contribution < 1.29 is 47.3 Å². The summed E-state index contributed by atoms with van der Waals surface area (Å²) in [6, 6.07) is 27.0. The summed E-state index contributed by atoms with van der Waals surface area (Å²) in [5, 5.41) is 31.8. The zero-order valence-corrected chi connectivity index (χ0v) is 49.0. The van der Waals surface area contributed by atoms with Gasteiger partial charge in [-0.25, -0.2) is 13.6 Å². The number of benzene rings is 5. The Kier molecular flexibility index (Phi) is 17.1. The lowest BCUT2D eigenvalue weighted by atomic mass is 9.90. The molecule has 24 heteroatoms. The van der Waals surface area contributed by atoms with Crippen LogP contribution >= 0.6 is 0 Å². The SMILES string of the molecule is COc1cc(-c2cccc(-c3cc(C4=CCCN(C(=O)CCn5ccnn5)C4)c(F)c4[nH]c(C(=O)N(CCO)CCc5ccccc5)cc34)c2OC)ccc1-c1cc(C2=CCCN(C(=O)CCn3ccnn3)C2)c(F)c2[nH]c(C(=O)N3CNC(=O)NC3)cc12. The van der Waals surface area contributed by atoms with E-state index in [1.54, 1.807) is 68.2 Å². The number of para-hydroxylation sites is 1. The Morgan fingerprint density at radius 2 is 1.21 bits per heavy atom. The number of halogens is 2. The molecule has 3 aliphatic rings. The van der Waals surface area contributed by atoms with Crippen molar-refractivity contribution in [3.05, 3.63) is 168 Å². The van der Waals surface area contributed by atoms with Crippen LogP contribution in [0.4, 0.5) is 13.6 Å². The second-order valence-electron chi connectivity index (χ2n) is 21.9. The zero-order chi connectivity index (χ0) is 61.7.